The molecule has 1 aliphatic rings. The molecule has 0 bridgehead atoms. The molecular weight excluding hydrogens is 224 g/mol. The van der Waals surface area contributed by atoms with Crippen molar-refractivity contribution in [3.63, 3.8) is 0 Å². The average molecular weight is 250 g/mol. The van der Waals surface area contributed by atoms with Crippen LogP contribution >= 0.6 is 0 Å². The van der Waals surface area contributed by atoms with Crippen LogP contribution in [0.1, 0.15) is 44.7 Å². The maximum Gasteiger partial charge on any atom is 0.0537 e. The SMILES string of the molecule is CC(C)CCN(CC(N)c1cnn(C)c1)C1CC1. The molecule has 1 aliphatic carbocycles. The molecule has 1 atom stereocenters. The van der Waals surface area contributed by atoms with Gasteiger partial charge in [-0.3, -0.25) is 9.58 Å². The van der Waals surface area contributed by atoms with Gasteiger partial charge in [-0.1, -0.05) is 13.8 Å². The third-order valence-corrected chi connectivity index (χ3v) is 3.64. The Hall–Kier alpha value is -0.870. The normalized spacial score (nSPS) is 17.7. The van der Waals surface area contributed by atoms with Gasteiger partial charge in [-0.05, 0) is 31.7 Å². The minimum atomic E-state index is 0.0893. The van der Waals surface area contributed by atoms with Gasteiger partial charge >= 0.3 is 0 Å². The molecule has 18 heavy (non-hydrogen) atoms. The number of nitrogens with two attached hydrogens (primary N) is 1. The molecular formula is C14H26N4. The van der Waals surface area contributed by atoms with Gasteiger partial charge in [-0.2, -0.15) is 5.10 Å². The Bertz CT molecular complexity index is 368. The van der Waals surface area contributed by atoms with E-state index in [0.717, 1.165) is 24.1 Å². The molecule has 2 N–H and O–H groups in total. The summed E-state index contributed by atoms with van der Waals surface area (Å²) in [6.07, 6.45) is 7.86. The number of hydrogen-bond acceptors (Lipinski definition) is 3. The molecule has 4 nitrogen and oxygen atoms in total. The molecule has 1 aromatic heterocycles. The first kappa shape index (κ1) is 13.6. The van der Waals surface area contributed by atoms with Crippen molar-refractivity contribution in [3.05, 3.63) is 18.0 Å². The lowest BCUT2D eigenvalue weighted by Crippen LogP contribution is -2.35. The second-order valence-corrected chi connectivity index (χ2v) is 5.96. The summed E-state index contributed by atoms with van der Waals surface area (Å²) in [6.45, 7) is 6.71. The molecule has 1 fully saturated rings. The predicted molar refractivity (Wildman–Crippen MR) is 74.2 cm³/mol. The van der Waals surface area contributed by atoms with Crippen LogP contribution in [0, 0.1) is 5.92 Å². The maximum absolute atomic E-state index is 6.29. The zero-order valence-corrected chi connectivity index (χ0v) is 11.8. The van der Waals surface area contributed by atoms with Crippen LogP contribution in [0.3, 0.4) is 0 Å². The number of aromatic nitrogens is 2. The molecule has 1 aromatic rings. The Labute approximate surface area is 110 Å². The number of nitrogens with zero attached hydrogens (tertiary/aromatic N) is 3. The van der Waals surface area contributed by atoms with Crippen molar-refractivity contribution in [3.8, 4) is 0 Å². The first-order chi connectivity index (χ1) is 8.56. The predicted octanol–water partition coefficient (Wildman–Crippen LogP) is 1.93. The Morgan fingerprint density at radius 2 is 2.22 bits per heavy atom. The smallest absolute Gasteiger partial charge is 0.0537 e. The van der Waals surface area contributed by atoms with Crippen molar-refractivity contribution >= 4 is 0 Å². The fourth-order valence-corrected chi connectivity index (χ4v) is 2.28. The van der Waals surface area contributed by atoms with Gasteiger partial charge in [-0.25, -0.2) is 0 Å². The molecule has 1 saturated carbocycles. The van der Waals surface area contributed by atoms with Crippen molar-refractivity contribution < 1.29 is 0 Å². The van der Waals surface area contributed by atoms with Crippen molar-refractivity contribution in [2.24, 2.45) is 18.7 Å². The third kappa shape index (κ3) is 3.82. The Kier molecular flexibility index (Phi) is 4.40. The highest BCUT2D eigenvalue weighted by molar-refractivity contribution is 5.10. The van der Waals surface area contributed by atoms with Crippen LogP contribution in [0.5, 0.6) is 0 Å². The van der Waals surface area contributed by atoms with E-state index in [1.54, 1.807) is 0 Å². The van der Waals surface area contributed by atoms with Crippen LogP contribution in [0.2, 0.25) is 0 Å². The Morgan fingerprint density at radius 3 is 2.72 bits per heavy atom. The molecule has 1 heterocycles. The summed E-state index contributed by atoms with van der Waals surface area (Å²) in [5.74, 6) is 0.765. The molecule has 0 saturated heterocycles. The quantitative estimate of drug-likeness (QED) is 0.804. The van der Waals surface area contributed by atoms with Gasteiger partial charge in [0, 0.05) is 37.4 Å². The van der Waals surface area contributed by atoms with E-state index in [-0.39, 0.29) is 6.04 Å². The summed E-state index contributed by atoms with van der Waals surface area (Å²) in [4.78, 5) is 2.57. The van der Waals surface area contributed by atoms with Gasteiger partial charge in [0.25, 0.3) is 0 Å². The highest BCUT2D eigenvalue weighted by Crippen LogP contribution is 2.28. The summed E-state index contributed by atoms with van der Waals surface area (Å²) in [5.41, 5.74) is 7.43. The lowest BCUT2D eigenvalue weighted by atomic mass is 10.1. The first-order valence-corrected chi connectivity index (χ1v) is 7.04. The molecule has 4 heteroatoms. The molecule has 0 aromatic carbocycles. The fraction of sp³-hybridized carbons (Fsp3) is 0.786. The van der Waals surface area contributed by atoms with Crippen LogP contribution in [0.4, 0.5) is 0 Å². The van der Waals surface area contributed by atoms with Crippen LogP contribution in [-0.4, -0.2) is 33.8 Å². The average Bonchev–Trinajstić information content (AvgIpc) is 3.06. The topological polar surface area (TPSA) is 47.1 Å². The van der Waals surface area contributed by atoms with Gasteiger partial charge in [0.05, 0.1) is 6.20 Å². The molecule has 0 amide bonds. The van der Waals surface area contributed by atoms with Crippen LogP contribution in [0.25, 0.3) is 0 Å². The van der Waals surface area contributed by atoms with E-state index in [9.17, 15) is 0 Å². The highest BCUT2D eigenvalue weighted by Gasteiger charge is 2.30. The third-order valence-electron chi connectivity index (χ3n) is 3.64. The minimum Gasteiger partial charge on any atom is -0.323 e. The summed E-state index contributed by atoms with van der Waals surface area (Å²) < 4.78 is 1.82. The molecule has 102 valence electrons. The molecule has 0 radical (unpaired) electrons. The van der Waals surface area contributed by atoms with Gasteiger partial charge in [0.15, 0.2) is 0 Å². The fourth-order valence-electron chi connectivity index (χ4n) is 2.28. The summed E-state index contributed by atoms with van der Waals surface area (Å²) in [7, 11) is 1.94. The molecule has 0 spiro atoms. The monoisotopic (exact) mass is 250 g/mol. The van der Waals surface area contributed by atoms with E-state index in [4.69, 9.17) is 5.73 Å². The zero-order chi connectivity index (χ0) is 13.1. The number of aryl methyl sites for hydroxylation is 1. The zero-order valence-electron chi connectivity index (χ0n) is 11.8. The number of rotatable bonds is 7. The van der Waals surface area contributed by atoms with Crippen molar-refractivity contribution in [2.75, 3.05) is 13.1 Å². The second kappa shape index (κ2) is 5.85. The van der Waals surface area contributed by atoms with Crippen LogP contribution in [0.15, 0.2) is 12.4 Å². The van der Waals surface area contributed by atoms with E-state index in [1.165, 1.54) is 25.8 Å². The summed E-state index contributed by atoms with van der Waals surface area (Å²) in [6, 6.07) is 0.873. The van der Waals surface area contributed by atoms with Gasteiger partial charge in [0.1, 0.15) is 0 Å². The summed E-state index contributed by atoms with van der Waals surface area (Å²) in [5, 5.41) is 4.20. The van der Waals surface area contributed by atoms with E-state index in [1.807, 2.05) is 24.1 Å². The van der Waals surface area contributed by atoms with E-state index >= 15 is 0 Å². The maximum atomic E-state index is 6.29. The van der Waals surface area contributed by atoms with Gasteiger partial charge < -0.3 is 5.73 Å². The standard InChI is InChI=1S/C14H26N4/c1-11(2)6-7-18(13-4-5-13)10-14(15)12-8-16-17(3)9-12/h8-9,11,13-14H,4-7,10,15H2,1-3H3. The largest absolute Gasteiger partial charge is 0.323 e. The van der Waals surface area contributed by atoms with E-state index < -0.39 is 0 Å². The summed E-state index contributed by atoms with van der Waals surface area (Å²) >= 11 is 0. The first-order valence-electron chi connectivity index (χ1n) is 7.04. The Morgan fingerprint density at radius 1 is 1.50 bits per heavy atom. The van der Waals surface area contributed by atoms with Crippen molar-refractivity contribution in [1.29, 1.82) is 0 Å². The Balaban J connectivity index is 1.87. The highest BCUT2D eigenvalue weighted by atomic mass is 15.2. The van der Waals surface area contributed by atoms with Crippen LogP contribution < -0.4 is 5.73 Å². The van der Waals surface area contributed by atoms with Crippen molar-refractivity contribution in [1.82, 2.24) is 14.7 Å². The molecule has 1 unspecified atom stereocenters. The van der Waals surface area contributed by atoms with E-state index in [0.29, 0.717) is 0 Å². The molecule has 2 rings (SSSR count). The van der Waals surface area contributed by atoms with Gasteiger partial charge in [-0.15, -0.1) is 0 Å². The molecule has 0 aliphatic heterocycles. The van der Waals surface area contributed by atoms with Crippen molar-refractivity contribution in [2.45, 2.75) is 45.2 Å². The number of hydrogen-bond donors (Lipinski definition) is 1. The lowest BCUT2D eigenvalue weighted by Gasteiger charge is -2.25. The minimum absolute atomic E-state index is 0.0893. The van der Waals surface area contributed by atoms with E-state index in [2.05, 4.69) is 23.8 Å². The lowest BCUT2D eigenvalue weighted by molar-refractivity contribution is 0.233. The van der Waals surface area contributed by atoms with Gasteiger partial charge in [0.2, 0.25) is 0 Å². The second-order valence-electron chi connectivity index (χ2n) is 5.96. The van der Waals surface area contributed by atoms with Crippen LogP contribution in [-0.2, 0) is 7.05 Å².